The molecule has 0 saturated heterocycles. The van der Waals surface area contributed by atoms with Crippen molar-refractivity contribution in [3.63, 3.8) is 0 Å². The summed E-state index contributed by atoms with van der Waals surface area (Å²) >= 11 is 0. The first kappa shape index (κ1) is 16.4. The summed E-state index contributed by atoms with van der Waals surface area (Å²) in [6.07, 6.45) is 1.08. The summed E-state index contributed by atoms with van der Waals surface area (Å²) in [5.74, 6) is -1.26. The minimum atomic E-state index is -0.874. The lowest BCUT2D eigenvalue weighted by Gasteiger charge is -2.07. The first-order chi connectivity index (χ1) is 10.0. The Kier molecular flexibility index (Phi) is 6.66. The molecule has 1 aromatic rings. The number of ether oxygens (including phenoxy) is 1. The second-order valence-electron chi connectivity index (χ2n) is 4.21. The number of carbonyl (C=O) groups excluding carboxylic acids is 1. The molecule has 0 aliphatic carbocycles. The standard InChI is InChI=1S/C13H16N2O6/c16-12(14-8-4-3-7-13(17)18)9-21-11-6-2-1-5-10(11)15(19)20/h1-2,5-6H,3-4,7-9H2,(H,14,16)(H,17,18). The first-order valence-corrected chi connectivity index (χ1v) is 6.35. The number of rotatable bonds is 9. The van der Waals surface area contributed by atoms with E-state index in [9.17, 15) is 19.7 Å². The van der Waals surface area contributed by atoms with Crippen LogP contribution in [0.25, 0.3) is 0 Å². The summed E-state index contributed by atoms with van der Waals surface area (Å²) in [5.41, 5.74) is -0.202. The second kappa shape index (κ2) is 8.51. The molecule has 1 rings (SSSR count). The normalized spacial score (nSPS) is 9.90. The molecule has 0 atom stereocenters. The van der Waals surface area contributed by atoms with Crippen LogP contribution in [-0.4, -0.2) is 35.1 Å². The number of benzene rings is 1. The van der Waals surface area contributed by atoms with Crippen molar-refractivity contribution >= 4 is 17.6 Å². The van der Waals surface area contributed by atoms with Crippen molar-refractivity contribution in [2.45, 2.75) is 19.3 Å². The fraction of sp³-hybridized carbons (Fsp3) is 0.385. The molecule has 0 bridgehead atoms. The molecule has 0 radical (unpaired) electrons. The van der Waals surface area contributed by atoms with Gasteiger partial charge < -0.3 is 15.2 Å². The number of hydrogen-bond acceptors (Lipinski definition) is 5. The van der Waals surface area contributed by atoms with Gasteiger partial charge in [0.05, 0.1) is 4.92 Å². The number of aliphatic carboxylic acids is 1. The number of para-hydroxylation sites is 2. The molecule has 0 aliphatic rings. The lowest BCUT2D eigenvalue weighted by atomic mass is 10.2. The maximum Gasteiger partial charge on any atom is 0.310 e. The Labute approximate surface area is 120 Å². The zero-order valence-electron chi connectivity index (χ0n) is 11.3. The molecule has 8 heteroatoms. The van der Waals surface area contributed by atoms with Gasteiger partial charge in [-0.25, -0.2) is 0 Å². The monoisotopic (exact) mass is 296 g/mol. The molecule has 0 fully saturated rings. The summed E-state index contributed by atoms with van der Waals surface area (Å²) in [6, 6.07) is 5.79. The highest BCUT2D eigenvalue weighted by Crippen LogP contribution is 2.25. The Balaban J connectivity index is 2.30. The largest absolute Gasteiger partial charge is 0.481 e. The van der Waals surface area contributed by atoms with E-state index in [2.05, 4.69) is 5.32 Å². The SMILES string of the molecule is O=C(O)CCCCNC(=O)COc1ccccc1[N+](=O)[O-]. The smallest absolute Gasteiger partial charge is 0.310 e. The highest BCUT2D eigenvalue weighted by atomic mass is 16.6. The van der Waals surface area contributed by atoms with Gasteiger partial charge in [-0.1, -0.05) is 12.1 Å². The Morgan fingerprint density at radius 3 is 2.67 bits per heavy atom. The van der Waals surface area contributed by atoms with E-state index in [1.54, 1.807) is 6.07 Å². The average molecular weight is 296 g/mol. The lowest BCUT2D eigenvalue weighted by molar-refractivity contribution is -0.385. The van der Waals surface area contributed by atoms with E-state index in [1.807, 2.05) is 0 Å². The average Bonchev–Trinajstić information content (AvgIpc) is 2.44. The molecule has 0 spiro atoms. The van der Waals surface area contributed by atoms with Crippen molar-refractivity contribution < 1.29 is 24.4 Å². The summed E-state index contributed by atoms with van der Waals surface area (Å²) in [5, 5.41) is 21.7. The van der Waals surface area contributed by atoms with Gasteiger partial charge in [0.15, 0.2) is 12.4 Å². The van der Waals surface area contributed by atoms with Gasteiger partial charge in [-0.2, -0.15) is 0 Å². The van der Waals surface area contributed by atoms with Crippen LogP contribution in [0.5, 0.6) is 5.75 Å². The molecule has 1 aromatic carbocycles. The van der Waals surface area contributed by atoms with E-state index in [1.165, 1.54) is 18.2 Å². The van der Waals surface area contributed by atoms with Gasteiger partial charge in [-0.05, 0) is 18.9 Å². The quantitative estimate of drug-likeness (QED) is 0.403. The van der Waals surface area contributed by atoms with Crippen LogP contribution in [0.1, 0.15) is 19.3 Å². The van der Waals surface area contributed by atoms with E-state index in [-0.39, 0.29) is 24.5 Å². The van der Waals surface area contributed by atoms with Crippen LogP contribution in [0, 0.1) is 10.1 Å². The molecule has 1 amide bonds. The molecule has 0 aromatic heterocycles. The number of amides is 1. The van der Waals surface area contributed by atoms with E-state index >= 15 is 0 Å². The lowest BCUT2D eigenvalue weighted by Crippen LogP contribution is -2.29. The van der Waals surface area contributed by atoms with Crippen molar-refractivity contribution in [3.05, 3.63) is 34.4 Å². The molecule has 0 aliphatic heterocycles. The molecule has 0 heterocycles. The highest BCUT2D eigenvalue weighted by molar-refractivity contribution is 5.77. The first-order valence-electron chi connectivity index (χ1n) is 6.35. The Hall–Kier alpha value is -2.64. The molecule has 8 nitrogen and oxygen atoms in total. The second-order valence-corrected chi connectivity index (χ2v) is 4.21. The van der Waals surface area contributed by atoms with Gasteiger partial charge in [0.25, 0.3) is 5.91 Å². The summed E-state index contributed by atoms with van der Waals surface area (Å²) in [4.78, 5) is 31.9. The Bertz CT molecular complexity index is 517. The molecule has 21 heavy (non-hydrogen) atoms. The number of carbonyl (C=O) groups is 2. The minimum Gasteiger partial charge on any atom is -0.481 e. The number of nitrogens with one attached hydrogen (secondary N) is 1. The van der Waals surface area contributed by atoms with Crippen molar-refractivity contribution in [1.82, 2.24) is 5.32 Å². The van der Waals surface area contributed by atoms with Crippen molar-refractivity contribution in [1.29, 1.82) is 0 Å². The number of nitro benzene ring substituents is 1. The van der Waals surface area contributed by atoms with E-state index in [0.717, 1.165) is 0 Å². The van der Waals surface area contributed by atoms with Gasteiger partial charge in [0.1, 0.15) is 0 Å². The summed E-state index contributed by atoms with van der Waals surface area (Å²) in [6.45, 7) is 0.0101. The predicted octanol–water partition coefficient (Wildman–Crippen LogP) is 1.34. The predicted molar refractivity (Wildman–Crippen MR) is 73.1 cm³/mol. The highest BCUT2D eigenvalue weighted by Gasteiger charge is 2.14. The van der Waals surface area contributed by atoms with E-state index in [4.69, 9.17) is 9.84 Å². The summed E-state index contributed by atoms with van der Waals surface area (Å²) in [7, 11) is 0. The molecule has 2 N–H and O–H groups in total. The van der Waals surface area contributed by atoms with Crippen molar-refractivity contribution in [3.8, 4) is 5.75 Å². The minimum absolute atomic E-state index is 0.0310. The van der Waals surface area contributed by atoms with Crippen LogP contribution >= 0.6 is 0 Å². The topological polar surface area (TPSA) is 119 Å². The van der Waals surface area contributed by atoms with Gasteiger partial charge >= 0.3 is 11.7 Å². The van der Waals surface area contributed by atoms with E-state index in [0.29, 0.717) is 19.4 Å². The molecule has 0 unspecified atom stereocenters. The van der Waals surface area contributed by atoms with Gasteiger partial charge in [-0.3, -0.25) is 19.7 Å². The van der Waals surface area contributed by atoms with Crippen LogP contribution < -0.4 is 10.1 Å². The number of carboxylic acids is 1. The van der Waals surface area contributed by atoms with Gasteiger partial charge in [0, 0.05) is 19.0 Å². The van der Waals surface area contributed by atoms with Gasteiger partial charge in [0.2, 0.25) is 0 Å². The zero-order valence-corrected chi connectivity index (χ0v) is 11.3. The van der Waals surface area contributed by atoms with Crippen LogP contribution in [0.3, 0.4) is 0 Å². The number of nitro groups is 1. The van der Waals surface area contributed by atoms with Crippen molar-refractivity contribution in [2.75, 3.05) is 13.2 Å². The number of hydrogen-bond donors (Lipinski definition) is 2. The van der Waals surface area contributed by atoms with Crippen LogP contribution in [0.2, 0.25) is 0 Å². The Morgan fingerprint density at radius 2 is 2.00 bits per heavy atom. The molecular formula is C13H16N2O6. The van der Waals surface area contributed by atoms with Crippen LogP contribution in [-0.2, 0) is 9.59 Å². The van der Waals surface area contributed by atoms with Crippen LogP contribution in [0.4, 0.5) is 5.69 Å². The maximum atomic E-state index is 11.5. The third-order valence-electron chi connectivity index (χ3n) is 2.56. The zero-order chi connectivity index (χ0) is 15.7. The van der Waals surface area contributed by atoms with Crippen LogP contribution in [0.15, 0.2) is 24.3 Å². The van der Waals surface area contributed by atoms with Crippen molar-refractivity contribution in [2.24, 2.45) is 0 Å². The Morgan fingerprint density at radius 1 is 1.29 bits per heavy atom. The molecule has 0 saturated carbocycles. The molecule has 114 valence electrons. The fourth-order valence-electron chi connectivity index (χ4n) is 1.55. The maximum absolute atomic E-state index is 11.5. The third-order valence-corrected chi connectivity index (χ3v) is 2.56. The third kappa shape index (κ3) is 6.37. The van der Waals surface area contributed by atoms with E-state index < -0.39 is 16.8 Å². The number of unbranched alkanes of at least 4 members (excludes halogenated alkanes) is 1. The molecular weight excluding hydrogens is 280 g/mol. The summed E-state index contributed by atoms with van der Waals surface area (Å²) < 4.78 is 5.11. The number of carboxylic acid groups (broad SMARTS) is 1. The van der Waals surface area contributed by atoms with Gasteiger partial charge in [-0.15, -0.1) is 0 Å². The number of nitrogens with zero attached hydrogens (tertiary/aromatic N) is 1. The fourth-order valence-corrected chi connectivity index (χ4v) is 1.55.